The van der Waals surface area contributed by atoms with Gasteiger partial charge in [0.2, 0.25) is 11.7 Å². The number of alkyl halides is 3. The Hall–Kier alpha value is -5.49. The van der Waals surface area contributed by atoms with Crippen molar-refractivity contribution in [1.29, 1.82) is 0 Å². The van der Waals surface area contributed by atoms with Crippen molar-refractivity contribution in [1.82, 2.24) is 38.7 Å². The summed E-state index contributed by atoms with van der Waals surface area (Å²) in [5, 5.41) is 9.56. The number of fused-ring (bicyclic) bond motifs is 2. The fourth-order valence-corrected chi connectivity index (χ4v) is 6.49. The number of aromatic nitrogens is 7. The molecule has 0 radical (unpaired) electrons. The molecule has 0 unspecified atom stereocenters. The number of nitrogens with zero attached hydrogens (tertiary/aromatic N) is 8. The SMILES string of the molecule is CCc1c(N2CCN(C(=O)c3ncc4cc[nH]n4c3=O)CC2)c(=O)n2nc(C3=CCOCC3)nc2n1CC(=O)Nc1ccc(C(F)(F)F)cc1Cl. The van der Waals surface area contributed by atoms with Crippen LogP contribution in [0.4, 0.5) is 24.5 Å². The fraction of sp³-hybridized carbons (Fsp3) is 0.344. The highest BCUT2D eigenvalue weighted by Gasteiger charge is 2.32. The zero-order valence-corrected chi connectivity index (χ0v) is 27.8. The molecule has 7 rings (SSSR count). The Morgan fingerprint density at radius 3 is 2.57 bits per heavy atom. The van der Waals surface area contributed by atoms with Gasteiger partial charge >= 0.3 is 11.7 Å². The van der Waals surface area contributed by atoms with Crippen LogP contribution in [-0.4, -0.2) is 89.9 Å². The van der Waals surface area contributed by atoms with Gasteiger partial charge in [0, 0.05) is 32.4 Å². The minimum Gasteiger partial charge on any atom is -0.377 e. The molecular formula is C32H30ClF3N10O5. The predicted molar refractivity (Wildman–Crippen MR) is 179 cm³/mol. The Kier molecular flexibility index (Phi) is 8.88. The maximum Gasteiger partial charge on any atom is 0.416 e. The number of carbonyl (C=O) groups excluding carboxylic acids is 2. The third-order valence-corrected chi connectivity index (χ3v) is 9.13. The highest BCUT2D eigenvalue weighted by atomic mass is 35.5. The molecule has 1 saturated heterocycles. The molecule has 0 spiro atoms. The maximum atomic E-state index is 14.2. The molecular weight excluding hydrogens is 697 g/mol. The van der Waals surface area contributed by atoms with Crippen molar-refractivity contribution in [2.75, 3.05) is 49.6 Å². The topological polar surface area (TPSA) is 164 Å². The van der Waals surface area contributed by atoms with Crippen LogP contribution in [0.2, 0.25) is 5.02 Å². The Morgan fingerprint density at radius 1 is 1.10 bits per heavy atom. The normalized spacial score (nSPS) is 15.4. The summed E-state index contributed by atoms with van der Waals surface area (Å²) in [7, 11) is 0. The number of nitrogens with one attached hydrogen (secondary N) is 2. The zero-order valence-electron chi connectivity index (χ0n) is 27.0. The smallest absolute Gasteiger partial charge is 0.377 e. The second-order valence-corrected chi connectivity index (χ2v) is 12.3. The molecule has 266 valence electrons. The van der Waals surface area contributed by atoms with Gasteiger partial charge in [0.25, 0.3) is 11.5 Å². The van der Waals surface area contributed by atoms with Gasteiger partial charge in [0.1, 0.15) is 12.2 Å². The average Bonchev–Trinajstić information content (AvgIpc) is 3.79. The van der Waals surface area contributed by atoms with Crippen LogP contribution in [-0.2, 0) is 28.7 Å². The molecule has 2 N–H and O–H groups in total. The van der Waals surface area contributed by atoms with Gasteiger partial charge in [-0.2, -0.15) is 22.7 Å². The quantitative estimate of drug-likeness (QED) is 0.257. The standard InChI is InChI=1S/C32H30ClF3N10O5/c1-2-23-26(42-9-11-43(12-10-42)28(48)25-29(49)45-20(16-37-25)5-8-38-45)30(50)46-31(40-27(41-46)18-6-13-51-14-7-18)44(23)17-24(47)39-22-4-3-19(15-21(22)33)32(34,35)36/h3-6,8,15-16,38H,2,7,9-14,17H2,1H3,(H,39,47). The summed E-state index contributed by atoms with van der Waals surface area (Å²) in [6.07, 6.45) is 0.985. The number of aromatic amines is 1. The van der Waals surface area contributed by atoms with E-state index in [1.165, 1.54) is 15.6 Å². The summed E-state index contributed by atoms with van der Waals surface area (Å²) < 4.78 is 48.9. The van der Waals surface area contributed by atoms with Gasteiger partial charge in [0.15, 0.2) is 11.5 Å². The van der Waals surface area contributed by atoms with Gasteiger partial charge in [-0.05, 0) is 42.7 Å². The third kappa shape index (κ3) is 6.35. The number of hydrogen-bond donors (Lipinski definition) is 2. The molecule has 15 nitrogen and oxygen atoms in total. The number of halogens is 4. The van der Waals surface area contributed by atoms with Crippen molar-refractivity contribution in [2.45, 2.75) is 32.5 Å². The first-order valence-corrected chi connectivity index (χ1v) is 16.4. The van der Waals surface area contributed by atoms with Gasteiger partial charge < -0.3 is 24.4 Å². The van der Waals surface area contributed by atoms with Crippen LogP contribution in [0.15, 0.2) is 52.3 Å². The van der Waals surface area contributed by atoms with Gasteiger partial charge in [-0.15, -0.1) is 5.10 Å². The number of rotatable bonds is 7. The zero-order chi connectivity index (χ0) is 36.0. The van der Waals surface area contributed by atoms with Crippen molar-refractivity contribution in [3.8, 4) is 0 Å². The molecule has 0 saturated carbocycles. The fourth-order valence-electron chi connectivity index (χ4n) is 6.27. The average molecular weight is 727 g/mol. The molecule has 2 aliphatic rings. The van der Waals surface area contributed by atoms with Crippen LogP contribution >= 0.6 is 11.6 Å². The summed E-state index contributed by atoms with van der Waals surface area (Å²) in [4.78, 5) is 66.0. The molecule has 0 bridgehead atoms. The first-order valence-electron chi connectivity index (χ1n) is 16.0. The molecule has 6 heterocycles. The second-order valence-electron chi connectivity index (χ2n) is 11.9. The molecule has 1 aromatic carbocycles. The molecule has 51 heavy (non-hydrogen) atoms. The molecule has 5 aromatic rings. The summed E-state index contributed by atoms with van der Waals surface area (Å²) in [6.45, 7) is 2.97. The second kappa shape index (κ2) is 13.3. The lowest BCUT2D eigenvalue weighted by Crippen LogP contribution is -2.51. The molecule has 2 amide bonds. The largest absolute Gasteiger partial charge is 0.416 e. The highest BCUT2D eigenvalue weighted by molar-refractivity contribution is 6.33. The van der Waals surface area contributed by atoms with E-state index in [0.717, 1.165) is 28.3 Å². The van der Waals surface area contributed by atoms with Crippen molar-refractivity contribution in [3.63, 3.8) is 0 Å². The number of hydrogen-bond acceptors (Lipinski definition) is 9. The molecule has 4 aromatic heterocycles. The number of anilines is 2. The van der Waals surface area contributed by atoms with E-state index in [0.29, 0.717) is 36.7 Å². The van der Waals surface area contributed by atoms with Crippen LogP contribution in [0.5, 0.6) is 0 Å². The number of H-pyrrole nitrogens is 1. The first kappa shape index (κ1) is 34.0. The highest BCUT2D eigenvalue weighted by Crippen LogP contribution is 2.34. The van der Waals surface area contributed by atoms with Crippen LogP contribution in [0.3, 0.4) is 0 Å². The van der Waals surface area contributed by atoms with Crippen molar-refractivity contribution in [3.05, 3.63) is 91.2 Å². The Bertz CT molecular complexity index is 2340. The summed E-state index contributed by atoms with van der Waals surface area (Å²) in [5.74, 6) is -0.790. The Balaban J connectivity index is 1.22. The predicted octanol–water partition coefficient (Wildman–Crippen LogP) is 2.87. The van der Waals surface area contributed by atoms with Gasteiger partial charge in [-0.3, -0.25) is 24.3 Å². The van der Waals surface area contributed by atoms with Crippen molar-refractivity contribution >= 4 is 51.7 Å². The summed E-state index contributed by atoms with van der Waals surface area (Å²) in [6, 6.07) is 4.27. The van der Waals surface area contributed by atoms with E-state index in [9.17, 15) is 32.3 Å². The lowest BCUT2D eigenvalue weighted by atomic mass is 10.1. The van der Waals surface area contributed by atoms with Gasteiger partial charge in [0.05, 0.1) is 46.9 Å². The summed E-state index contributed by atoms with van der Waals surface area (Å²) in [5.41, 5.74) is -0.291. The number of amides is 2. The van der Waals surface area contributed by atoms with Crippen LogP contribution in [0.25, 0.3) is 16.9 Å². The maximum absolute atomic E-state index is 14.2. The van der Waals surface area contributed by atoms with E-state index >= 15 is 0 Å². The van der Waals surface area contributed by atoms with Crippen LogP contribution in [0.1, 0.15) is 40.9 Å². The minimum absolute atomic E-state index is 0.0233. The molecule has 0 aliphatic carbocycles. The number of ether oxygens (including phenoxy) is 1. The Labute approximate surface area is 290 Å². The lowest BCUT2D eigenvalue weighted by Gasteiger charge is -2.36. The van der Waals surface area contributed by atoms with E-state index in [4.69, 9.17) is 16.3 Å². The van der Waals surface area contributed by atoms with Crippen molar-refractivity contribution < 1.29 is 27.5 Å². The first-order chi connectivity index (χ1) is 24.4. The van der Waals surface area contributed by atoms with Crippen LogP contribution < -0.4 is 21.3 Å². The van der Waals surface area contributed by atoms with E-state index in [1.807, 2.05) is 13.0 Å². The molecule has 19 heteroatoms. The van der Waals surface area contributed by atoms with Crippen molar-refractivity contribution in [2.24, 2.45) is 0 Å². The Morgan fingerprint density at radius 2 is 1.88 bits per heavy atom. The molecule has 1 fully saturated rings. The number of benzene rings is 1. The van der Waals surface area contributed by atoms with E-state index in [-0.39, 0.29) is 67.0 Å². The van der Waals surface area contributed by atoms with Gasteiger partial charge in [-0.25, -0.2) is 9.50 Å². The minimum atomic E-state index is -4.62. The van der Waals surface area contributed by atoms with Gasteiger partial charge in [-0.1, -0.05) is 24.6 Å². The van der Waals surface area contributed by atoms with E-state index in [1.54, 1.807) is 21.7 Å². The number of piperazine rings is 1. The molecule has 0 atom stereocenters. The summed E-state index contributed by atoms with van der Waals surface area (Å²) >= 11 is 6.11. The third-order valence-electron chi connectivity index (χ3n) is 8.82. The lowest BCUT2D eigenvalue weighted by molar-refractivity contribution is -0.137. The number of carbonyl (C=O) groups is 2. The molecule has 2 aliphatic heterocycles. The van der Waals surface area contributed by atoms with E-state index < -0.39 is 34.7 Å². The monoisotopic (exact) mass is 726 g/mol. The van der Waals surface area contributed by atoms with E-state index in [2.05, 4.69) is 25.5 Å². The van der Waals surface area contributed by atoms with Crippen LogP contribution in [0, 0.1) is 0 Å².